The maximum absolute atomic E-state index is 4.28. The zero-order valence-electron chi connectivity index (χ0n) is 10.1. The third-order valence-corrected chi connectivity index (χ3v) is 2.81. The van der Waals surface area contributed by atoms with E-state index >= 15 is 0 Å². The van der Waals surface area contributed by atoms with Crippen LogP contribution in [-0.2, 0) is 0 Å². The van der Waals surface area contributed by atoms with Crippen LogP contribution in [0.15, 0.2) is 37.7 Å². The summed E-state index contributed by atoms with van der Waals surface area (Å²) in [5.74, 6) is 0.512. The quantitative estimate of drug-likeness (QED) is 0.659. The van der Waals surface area contributed by atoms with Crippen molar-refractivity contribution in [1.82, 2.24) is 4.98 Å². The summed E-state index contributed by atoms with van der Waals surface area (Å²) in [6.07, 6.45) is 12.5. The van der Waals surface area contributed by atoms with Crippen LogP contribution in [0.1, 0.15) is 42.9 Å². The molecule has 0 aromatic carbocycles. The number of aromatic nitrogens is 1. The molecule has 0 saturated carbocycles. The van der Waals surface area contributed by atoms with E-state index < -0.39 is 0 Å². The molecule has 16 heavy (non-hydrogen) atoms. The van der Waals surface area contributed by atoms with Gasteiger partial charge in [0, 0.05) is 18.0 Å². The van der Waals surface area contributed by atoms with Gasteiger partial charge >= 0.3 is 0 Å². The zero-order valence-corrected chi connectivity index (χ0v) is 10.1. The van der Waals surface area contributed by atoms with Crippen molar-refractivity contribution in [1.29, 1.82) is 0 Å². The summed E-state index contributed by atoms with van der Waals surface area (Å²) in [6.45, 7) is 12.0. The lowest BCUT2D eigenvalue weighted by Crippen LogP contribution is -1.98. The zero-order chi connectivity index (χ0) is 12.0. The lowest BCUT2D eigenvalue weighted by Gasteiger charge is -2.13. The minimum atomic E-state index is 0.512. The Kier molecular flexibility index (Phi) is 4.71. The smallest absolute Gasteiger partial charge is 0.0346 e. The Balaban J connectivity index is 3.25. The monoisotopic (exact) mass is 213 g/mol. The minimum Gasteiger partial charge on any atom is -0.264 e. The van der Waals surface area contributed by atoms with E-state index in [0.29, 0.717) is 5.92 Å². The van der Waals surface area contributed by atoms with Crippen LogP contribution in [0, 0.1) is 0 Å². The molecule has 1 unspecified atom stereocenters. The SMILES string of the molecule is C=C/C=C\c1cncc(C(C)CC)c1C=C. The molecule has 0 saturated heterocycles. The van der Waals surface area contributed by atoms with E-state index in [2.05, 4.69) is 32.0 Å². The highest BCUT2D eigenvalue weighted by Crippen LogP contribution is 2.25. The van der Waals surface area contributed by atoms with Gasteiger partial charge in [-0.1, -0.05) is 51.3 Å². The third kappa shape index (κ3) is 2.69. The van der Waals surface area contributed by atoms with Crippen molar-refractivity contribution in [3.05, 3.63) is 54.4 Å². The minimum absolute atomic E-state index is 0.512. The van der Waals surface area contributed by atoms with Crippen LogP contribution in [0.25, 0.3) is 12.2 Å². The Hall–Kier alpha value is -1.63. The van der Waals surface area contributed by atoms with E-state index in [4.69, 9.17) is 0 Å². The van der Waals surface area contributed by atoms with Crippen molar-refractivity contribution in [2.75, 3.05) is 0 Å². The molecule has 0 radical (unpaired) electrons. The van der Waals surface area contributed by atoms with E-state index in [9.17, 15) is 0 Å². The third-order valence-electron chi connectivity index (χ3n) is 2.81. The molecule has 0 fully saturated rings. The summed E-state index contributed by atoms with van der Waals surface area (Å²) in [5, 5.41) is 0. The van der Waals surface area contributed by atoms with Gasteiger partial charge in [0.25, 0.3) is 0 Å². The second-order valence-corrected chi connectivity index (χ2v) is 3.84. The lowest BCUT2D eigenvalue weighted by molar-refractivity contribution is 0.728. The fraction of sp³-hybridized carbons (Fsp3) is 0.267. The summed E-state index contributed by atoms with van der Waals surface area (Å²) < 4.78 is 0. The van der Waals surface area contributed by atoms with Gasteiger partial charge in [-0.05, 0) is 23.5 Å². The van der Waals surface area contributed by atoms with E-state index in [-0.39, 0.29) is 0 Å². The topological polar surface area (TPSA) is 12.9 Å². The first-order chi connectivity index (χ1) is 7.74. The fourth-order valence-corrected chi connectivity index (χ4v) is 1.66. The van der Waals surface area contributed by atoms with Crippen molar-refractivity contribution >= 4 is 12.2 Å². The maximum Gasteiger partial charge on any atom is 0.0346 e. The maximum atomic E-state index is 4.28. The summed E-state index contributed by atoms with van der Waals surface area (Å²) in [4.78, 5) is 4.28. The highest BCUT2D eigenvalue weighted by atomic mass is 14.6. The highest BCUT2D eigenvalue weighted by molar-refractivity contribution is 5.67. The normalized spacial score (nSPS) is 12.6. The van der Waals surface area contributed by atoms with Crippen LogP contribution in [0.2, 0.25) is 0 Å². The molecule has 1 atom stereocenters. The molecule has 0 N–H and O–H groups in total. The summed E-state index contributed by atoms with van der Waals surface area (Å²) in [6, 6.07) is 0. The summed E-state index contributed by atoms with van der Waals surface area (Å²) in [5.41, 5.74) is 3.55. The first-order valence-corrected chi connectivity index (χ1v) is 5.64. The number of nitrogens with zero attached hydrogens (tertiary/aromatic N) is 1. The van der Waals surface area contributed by atoms with Gasteiger partial charge in [-0.3, -0.25) is 4.98 Å². The molecular formula is C15H19N. The molecule has 1 aromatic rings. The molecule has 1 heteroatoms. The average molecular weight is 213 g/mol. The van der Waals surface area contributed by atoms with Crippen LogP contribution in [0.5, 0.6) is 0 Å². The van der Waals surface area contributed by atoms with E-state index in [1.54, 1.807) is 6.08 Å². The number of allylic oxidation sites excluding steroid dienone is 2. The molecule has 84 valence electrons. The van der Waals surface area contributed by atoms with Crippen LogP contribution < -0.4 is 0 Å². The Labute approximate surface area is 98.2 Å². The lowest BCUT2D eigenvalue weighted by atomic mass is 9.93. The van der Waals surface area contributed by atoms with Crippen LogP contribution >= 0.6 is 0 Å². The molecule has 1 heterocycles. The standard InChI is InChI=1S/C15H19N/c1-5-8-9-13-10-16-11-15(12(4)6-2)14(13)7-3/h5,7-12H,1,3,6H2,2,4H3/b9-8-. The molecule has 1 nitrogen and oxygen atoms in total. The van der Waals surface area contributed by atoms with E-state index in [1.165, 1.54) is 11.1 Å². The van der Waals surface area contributed by atoms with Crippen LogP contribution in [0.4, 0.5) is 0 Å². The molecule has 1 aromatic heterocycles. The molecule has 0 aliphatic carbocycles. The van der Waals surface area contributed by atoms with Gasteiger partial charge in [-0.25, -0.2) is 0 Å². The number of hydrogen-bond acceptors (Lipinski definition) is 1. The molecule has 0 spiro atoms. The first kappa shape index (κ1) is 12.4. The molecule has 1 rings (SSSR count). The van der Waals surface area contributed by atoms with Crippen molar-refractivity contribution in [3.8, 4) is 0 Å². The van der Waals surface area contributed by atoms with Gasteiger partial charge in [-0.2, -0.15) is 0 Å². The Morgan fingerprint density at radius 1 is 1.38 bits per heavy atom. The Morgan fingerprint density at radius 3 is 2.69 bits per heavy atom. The second kappa shape index (κ2) is 6.06. The fourth-order valence-electron chi connectivity index (χ4n) is 1.66. The van der Waals surface area contributed by atoms with Crippen molar-refractivity contribution in [2.24, 2.45) is 0 Å². The van der Waals surface area contributed by atoms with Crippen LogP contribution in [0.3, 0.4) is 0 Å². The number of pyridine rings is 1. The predicted octanol–water partition coefficient (Wildman–Crippen LogP) is 4.44. The van der Waals surface area contributed by atoms with Crippen LogP contribution in [-0.4, -0.2) is 4.98 Å². The second-order valence-electron chi connectivity index (χ2n) is 3.84. The largest absolute Gasteiger partial charge is 0.264 e. The molecule has 0 aliphatic heterocycles. The van der Waals surface area contributed by atoms with Crippen molar-refractivity contribution in [2.45, 2.75) is 26.2 Å². The molecule has 0 amide bonds. The predicted molar refractivity (Wildman–Crippen MR) is 72.3 cm³/mol. The first-order valence-electron chi connectivity index (χ1n) is 5.64. The Morgan fingerprint density at radius 2 is 2.12 bits per heavy atom. The van der Waals surface area contributed by atoms with Gasteiger partial charge in [0.2, 0.25) is 0 Å². The van der Waals surface area contributed by atoms with E-state index in [0.717, 1.165) is 12.0 Å². The van der Waals surface area contributed by atoms with E-state index in [1.807, 2.05) is 30.6 Å². The molecule has 0 bridgehead atoms. The molecular weight excluding hydrogens is 194 g/mol. The summed E-state index contributed by atoms with van der Waals surface area (Å²) in [7, 11) is 0. The van der Waals surface area contributed by atoms with Crippen molar-refractivity contribution in [3.63, 3.8) is 0 Å². The van der Waals surface area contributed by atoms with Crippen molar-refractivity contribution < 1.29 is 0 Å². The average Bonchev–Trinajstić information content (AvgIpc) is 2.34. The number of rotatable bonds is 5. The summed E-state index contributed by atoms with van der Waals surface area (Å²) >= 11 is 0. The number of hydrogen-bond donors (Lipinski definition) is 0. The van der Waals surface area contributed by atoms with Gasteiger partial charge in [-0.15, -0.1) is 0 Å². The Bertz CT molecular complexity index is 402. The highest BCUT2D eigenvalue weighted by Gasteiger charge is 2.09. The van der Waals surface area contributed by atoms with Gasteiger partial charge in [0.15, 0.2) is 0 Å². The van der Waals surface area contributed by atoms with Gasteiger partial charge in [0.05, 0.1) is 0 Å². The molecule has 0 aliphatic rings. The van der Waals surface area contributed by atoms with Gasteiger partial charge in [0.1, 0.15) is 0 Å². The van der Waals surface area contributed by atoms with Gasteiger partial charge < -0.3 is 0 Å².